The van der Waals surface area contributed by atoms with Gasteiger partial charge in [-0.1, -0.05) is 35.9 Å². The number of carboxylic acids is 1. The average Bonchev–Trinajstić information content (AvgIpc) is 3.22. The molecule has 0 aliphatic carbocycles. The van der Waals surface area contributed by atoms with E-state index in [2.05, 4.69) is 5.10 Å². The van der Waals surface area contributed by atoms with Gasteiger partial charge in [-0.15, -0.1) is 11.3 Å². The molecule has 1 N–H and O–H groups in total. The number of carbonyl (C=O) groups is 2. The van der Waals surface area contributed by atoms with Crippen LogP contribution in [-0.2, 0) is 9.59 Å². The second-order valence-electron chi connectivity index (χ2n) is 5.78. The molecule has 3 rings (SSSR count). The van der Waals surface area contributed by atoms with E-state index in [4.69, 9.17) is 5.11 Å². The zero-order valence-electron chi connectivity index (χ0n) is 13.3. The molecule has 0 saturated heterocycles. The lowest BCUT2D eigenvalue weighted by Gasteiger charge is -2.20. The predicted molar refractivity (Wildman–Crippen MR) is 93.1 cm³/mol. The second kappa shape index (κ2) is 6.97. The van der Waals surface area contributed by atoms with E-state index in [1.165, 1.54) is 10.6 Å². The zero-order valence-corrected chi connectivity index (χ0v) is 14.1. The van der Waals surface area contributed by atoms with Gasteiger partial charge < -0.3 is 5.11 Å². The van der Waals surface area contributed by atoms with Crippen LogP contribution in [0.4, 0.5) is 0 Å². The number of aryl methyl sites for hydroxylation is 1. The van der Waals surface area contributed by atoms with Gasteiger partial charge in [0.1, 0.15) is 0 Å². The molecule has 0 spiro atoms. The van der Waals surface area contributed by atoms with Gasteiger partial charge in [-0.05, 0) is 23.9 Å². The molecule has 6 heteroatoms. The van der Waals surface area contributed by atoms with Crippen LogP contribution in [-0.4, -0.2) is 27.7 Å². The van der Waals surface area contributed by atoms with E-state index >= 15 is 0 Å². The normalized spacial score (nSPS) is 17.0. The molecule has 2 aromatic rings. The Morgan fingerprint density at radius 1 is 1.25 bits per heavy atom. The molecule has 0 radical (unpaired) electrons. The van der Waals surface area contributed by atoms with Crippen molar-refractivity contribution in [3.8, 4) is 0 Å². The summed E-state index contributed by atoms with van der Waals surface area (Å²) in [6.07, 6.45) is 0.423. The van der Waals surface area contributed by atoms with Crippen LogP contribution in [0.3, 0.4) is 0 Å². The van der Waals surface area contributed by atoms with Crippen molar-refractivity contribution in [2.45, 2.75) is 32.2 Å². The van der Waals surface area contributed by atoms with E-state index in [-0.39, 0.29) is 24.8 Å². The number of hydrogen-bond acceptors (Lipinski definition) is 4. The summed E-state index contributed by atoms with van der Waals surface area (Å²) >= 11 is 1.58. The Balaban J connectivity index is 1.86. The molecule has 1 atom stereocenters. The fourth-order valence-electron chi connectivity index (χ4n) is 2.69. The summed E-state index contributed by atoms with van der Waals surface area (Å²) < 4.78 is 0. The van der Waals surface area contributed by atoms with E-state index in [1.54, 1.807) is 11.3 Å². The molecule has 1 aliphatic rings. The summed E-state index contributed by atoms with van der Waals surface area (Å²) in [5.74, 6) is -1.23. The van der Waals surface area contributed by atoms with Crippen molar-refractivity contribution in [2.75, 3.05) is 0 Å². The molecule has 0 fully saturated rings. The minimum absolute atomic E-state index is 0.0398. The third-order valence-electron chi connectivity index (χ3n) is 3.98. The highest BCUT2D eigenvalue weighted by molar-refractivity contribution is 7.10. The van der Waals surface area contributed by atoms with E-state index in [9.17, 15) is 9.59 Å². The van der Waals surface area contributed by atoms with E-state index in [0.29, 0.717) is 6.42 Å². The van der Waals surface area contributed by atoms with Gasteiger partial charge >= 0.3 is 5.97 Å². The lowest BCUT2D eigenvalue weighted by Crippen LogP contribution is -2.26. The van der Waals surface area contributed by atoms with Crippen molar-refractivity contribution in [2.24, 2.45) is 5.10 Å². The van der Waals surface area contributed by atoms with Gasteiger partial charge in [-0.2, -0.15) is 5.10 Å². The number of thiophene rings is 1. The summed E-state index contributed by atoms with van der Waals surface area (Å²) in [7, 11) is 0. The molecule has 24 heavy (non-hydrogen) atoms. The maximum Gasteiger partial charge on any atom is 0.303 e. The van der Waals surface area contributed by atoms with Crippen LogP contribution in [0, 0.1) is 6.92 Å². The van der Waals surface area contributed by atoms with Gasteiger partial charge in [0.25, 0.3) is 0 Å². The zero-order chi connectivity index (χ0) is 17.1. The van der Waals surface area contributed by atoms with Gasteiger partial charge in [-0.3, -0.25) is 9.59 Å². The molecule has 0 unspecified atom stereocenters. The first-order valence-electron chi connectivity index (χ1n) is 7.76. The monoisotopic (exact) mass is 342 g/mol. The van der Waals surface area contributed by atoms with Crippen molar-refractivity contribution in [3.63, 3.8) is 0 Å². The van der Waals surface area contributed by atoms with Crippen molar-refractivity contribution in [1.29, 1.82) is 0 Å². The minimum Gasteiger partial charge on any atom is -0.481 e. The fourth-order valence-corrected chi connectivity index (χ4v) is 3.50. The lowest BCUT2D eigenvalue weighted by molar-refractivity contribution is -0.141. The largest absolute Gasteiger partial charge is 0.481 e. The smallest absolute Gasteiger partial charge is 0.303 e. The molecule has 2 heterocycles. The first-order chi connectivity index (χ1) is 11.5. The number of amides is 1. The van der Waals surface area contributed by atoms with Crippen molar-refractivity contribution < 1.29 is 14.7 Å². The molecule has 1 aromatic carbocycles. The maximum atomic E-state index is 12.4. The fraction of sp³-hybridized carbons (Fsp3) is 0.278. The quantitative estimate of drug-likeness (QED) is 0.902. The minimum atomic E-state index is -0.974. The summed E-state index contributed by atoms with van der Waals surface area (Å²) in [6, 6.07) is 11.8. The number of nitrogens with zero attached hydrogens (tertiary/aromatic N) is 2. The van der Waals surface area contributed by atoms with Crippen LogP contribution in [0.25, 0.3) is 0 Å². The molecule has 124 valence electrons. The van der Waals surface area contributed by atoms with Crippen LogP contribution in [0.1, 0.15) is 41.3 Å². The van der Waals surface area contributed by atoms with Gasteiger partial charge in [0.2, 0.25) is 5.91 Å². The first-order valence-corrected chi connectivity index (χ1v) is 8.64. The molecular weight excluding hydrogens is 324 g/mol. The van der Waals surface area contributed by atoms with Crippen LogP contribution < -0.4 is 0 Å². The summed E-state index contributed by atoms with van der Waals surface area (Å²) in [4.78, 5) is 24.2. The van der Waals surface area contributed by atoms with Gasteiger partial charge in [0.15, 0.2) is 0 Å². The van der Waals surface area contributed by atoms with E-state index < -0.39 is 5.97 Å². The van der Waals surface area contributed by atoms with Crippen molar-refractivity contribution in [3.05, 3.63) is 57.8 Å². The molecule has 0 bridgehead atoms. The Hall–Kier alpha value is -2.47. The van der Waals surface area contributed by atoms with Crippen LogP contribution in [0.5, 0.6) is 0 Å². The predicted octanol–water partition coefficient (Wildman–Crippen LogP) is 3.60. The summed E-state index contributed by atoms with van der Waals surface area (Å²) in [5.41, 5.74) is 3.02. The third kappa shape index (κ3) is 3.54. The maximum absolute atomic E-state index is 12.4. The Morgan fingerprint density at radius 2 is 2.00 bits per heavy atom. The highest BCUT2D eigenvalue weighted by Gasteiger charge is 2.33. The highest BCUT2D eigenvalue weighted by atomic mass is 32.1. The number of rotatable bonds is 5. The average molecular weight is 342 g/mol. The number of carboxylic acid groups (broad SMARTS) is 1. The number of hydrazone groups is 1. The number of hydrogen-bond donors (Lipinski definition) is 1. The van der Waals surface area contributed by atoms with Crippen LogP contribution in [0.2, 0.25) is 0 Å². The summed E-state index contributed by atoms with van der Waals surface area (Å²) in [6.45, 7) is 2.02. The SMILES string of the molecule is Cc1ccc(C2=NN(C(=O)CCC(=O)O)[C@@H](c3cccs3)C2)cc1. The molecule has 1 aliphatic heterocycles. The van der Waals surface area contributed by atoms with Crippen molar-refractivity contribution in [1.82, 2.24) is 5.01 Å². The molecular formula is C18H18N2O3S. The molecule has 5 nitrogen and oxygen atoms in total. The van der Waals surface area contributed by atoms with Crippen molar-refractivity contribution >= 4 is 28.9 Å². The van der Waals surface area contributed by atoms with Gasteiger partial charge in [-0.25, -0.2) is 5.01 Å². The Labute approximate surface area is 144 Å². The van der Waals surface area contributed by atoms with E-state index in [1.807, 2.05) is 48.7 Å². The first kappa shape index (κ1) is 16.4. The third-order valence-corrected chi connectivity index (χ3v) is 4.95. The Kier molecular flexibility index (Phi) is 4.76. The number of carbonyl (C=O) groups excluding carboxylic acids is 1. The standard InChI is InChI=1S/C18H18N2O3S/c1-12-4-6-13(7-5-12)14-11-15(16-3-2-10-24-16)20(19-14)17(21)8-9-18(22)23/h2-7,10,15H,8-9,11H2,1H3,(H,22,23)/t15-/m1/s1. The van der Waals surface area contributed by atoms with Crippen LogP contribution >= 0.6 is 11.3 Å². The number of benzene rings is 1. The number of aliphatic carboxylic acids is 1. The highest BCUT2D eigenvalue weighted by Crippen LogP contribution is 2.35. The lowest BCUT2D eigenvalue weighted by atomic mass is 10.0. The van der Waals surface area contributed by atoms with Gasteiger partial charge in [0, 0.05) is 17.7 Å². The molecule has 1 amide bonds. The molecule has 0 saturated carbocycles. The van der Waals surface area contributed by atoms with E-state index in [0.717, 1.165) is 16.2 Å². The Morgan fingerprint density at radius 3 is 2.62 bits per heavy atom. The topological polar surface area (TPSA) is 70.0 Å². The van der Waals surface area contributed by atoms with Gasteiger partial charge in [0.05, 0.1) is 18.2 Å². The summed E-state index contributed by atoms with van der Waals surface area (Å²) in [5, 5.41) is 16.8. The Bertz CT molecular complexity index is 766. The van der Waals surface area contributed by atoms with Crippen LogP contribution in [0.15, 0.2) is 46.9 Å². The second-order valence-corrected chi connectivity index (χ2v) is 6.76. The molecule has 1 aromatic heterocycles.